The number of hydrogen-bond donors (Lipinski definition) is 2. The molecule has 0 bridgehead atoms. The summed E-state index contributed by atoms with van der Waals surface area (Å²) in [5.74, 6) is -0.703. The number of nitrogens with one attached hydrogen (secondary N) is 1. The maximum Gasteiger partial charge on any atom is 0.324 e. The van der Waals surface area contributed by atoms with Gasteiger partial charge in [0, 0.05) is 19.1 Å². The fourth-order valence-corrected chi connectivity index (χ4v) is 3.06. The van der Waals surface area contributed by atoms with E-state index in [1.54, 1.807) is 0 Å². The van der Waals surface area contributed by atoms with E-state index in [0.29, 0.717) is 25.5 Å². The Morgan fingerprint density at radius 2 is 2.18 bits per heavy atom. The number of ether oxygens (including phenoxy) is 1. The summed E-state index contributed by atoms with van der Waals surface area (Å²) in [6.45, 7) is 2.61. The molecule has 0 spiro atoms. The van der Waals surface area contributed by atoms with Crippen LogP contribution in [-0.2, 0) is 9.53 Å². The van der Waals surface area contributed by atoms with Crippen molar-refractivity contribution in [1.29, 1.82) is 0 Å². The summed E-state index contributed by atoms with van der Waals surface area (Å²) < 4.78 is 5.59. The molecule has 2 N–H and O–H groups in total. The summed E-state index contributed by atoms with van der Waals surface area (Å²) in [5.41, 5.74) is -0.742. The molecule has 2 rings (SSSR count). The van der Waals surface area contributed by atoms with Gasteiger partial charge >= 0.3 is 5.97 Å². The van der Waals surface area contributed by atoms with Crippen LogP contribution in [-0.4, -0.2) is 35.4 Å². The number of aliphatic carboxylic acids is 1. The van der Waals surface area contributed by atoms with Gasteiger partial charge in [-0.2, -0.15) is 0 Å². The van der Waals surface area contributed by atoms with Gasteiger partial charge in [-0.15, -0.1) is 0 Å². The van der Waals surface area contributed by atoms with Crippen LogP contribution in [0, 0.1) is 0 Å². The van der Waals surface area contributed by atoms with Crippen molar-refractivity contribution in [3.63, 3.8) is 0 Å². The number of carboxylic acids is 1. The topological polar surface area (TPSA) is 58.6 Å². The average Bonchev–Trinajstić information content (AvgIpc) is 2.81. The van der Waals surface area contributed by atoms with Crippen molar-refractivity contribution in [1.82, 2.24) is 5.32 Å². The first-order valence-electron chi connectivity index (χ1n) is 6.79. The summed E-state index contributed by atoms with van der Waals surface area (Å²) >= 11 is 0. The van der Waals surface area contributed by atoms with Crippen LogP contribution in [0.25, 0.3) is 0 Å². The Morgan fingerprint density at radius 1 is 1.47 bits per heavy atom. The van der Waals surface area contributed by atoms with Crippen molar-refractivity contribution in [2.75, 3.05) is 6.61 Å². The van der Waals surface area contributed by atoms with E-state index in [1.165, 1.54) is 12.8 Å². The van der Waals surface area contributed by atoms with Gasteiger partial charge in [-0.3, -0.25) is 10.1 Å². The molecule has 2 unspecified atom stereocenters. The average molecular weight is 241 g/mol. The maximum absolute atomic E-state index is 11.6. The molecule has 1 saturated heterocycles. The third kappa shape index (κ3) is 2.80. The molecule has 1 aliphatic heterocycles. The second-order valence-corrected chi connectivity index (χ2v) is 5.37. The van der Waals surface area contributed by atoms with Crippen molar-refractivity contribution in [3.8, 4) is 0 Å². The van der Waals surface area contributed by atoms with Gasteiger partial charge < -0.3 is 9.84 Å². The third-order valence-corrected chi connectivity index (χ3v) is 4.16. The zero-order valence-electron chi connectivity index (χ0n) is 10.6. The molecule has 4 nitrogen and oxygen atoms in total. The lowest BCUT2D eigenvalue weighted by atomic mass is 9.85. The van der Waals surface area contributed by atoms with Crippen LogP contribution in [0.15, 0.2) is 0 Å². The van der Waals surface area contributed by atoms with Crippen molar-refractivity contribution in [3.05, 3.63) is 0 Å². The molecule has 0 aromatic rings. The largest absolute Gasteiger partial charge is 0.480 e. The molecule has 0 amide bonds. The Bertz CT molecular complexity index is 276. The van der Waals surface area contributed by atoms with E-state index in [-0.39, 0.29) is 6.10 Å². The Hall–Kier alpha value is -0.610. The SMILES string of the molecule is CCC1CC(NC2CCCC2)(C(=O)O)CCO1. The first kappa shape index (κ1) is 12.8. The first-order valence-corrected chi connectivity index (χ1v) is 6.79. The van der Waals surface area contributed by atoms with E-state index in [1.807, 2.05) is 0 Å². The van der Waals surface area contributed by atoms with E-state index in [2.05, 4.69) is 12.2 Å². The van der Waals surface area contributed by atoms with Crippen LogP contribution in [0.4, 0.5) is 0 Å². The molecule has 17 heavy (non-hydrogen) atoms. The van der Waals surface area contributed by atoms with Gasteiger partial charge in [0.15, 0.2) is 0 Å². The van der Waals surface area contributed by atoms with Crippen molar-refractivity contribution in [2.45, 2.75) is 69.6 Å². The highest BCUT2D eigenvalue weighted by molar-refractivity contribution is 5.79. The fraction of sp³-hybridized carbons (Fsp3) is 0.923. The van der Waals surface area contributed by atoms with Gasteiger partial charge in [0.1, 0.15) is 5.54 Å². The highest BCUT2D eigenvalue weighted by Crippen LogP contribution is 2.30. The Balaban J connectivity index is 2.05. The minimum absolute atomic E-state index is 0.0914. The predicted octanol–water partition coefficient (Wildman–Crippen LogP) is 1.93. The zero-order chi connectivity index (χ0) is 12.3. The normalized spacial score (nSPS) is 35.0. The first-order chi connectivity index (χ1) is 8.16. The van der Waals surface area contributed by atoms with Crippen LogP contribution in [0.2, 0.25) is 0 Å². The maximum atomic E-state index is 11.6. The molecular formula is C13H23NO3. The van der Waals surface area contributed by atoms with Gasteiger partial charge in [-0.05, 0) is 25.7 Å². The quantitative estimate of drug-likeness (QED) is 0.789. The highest BCUT2D eigenvalue weighted by atomic mass is 16.5. The second kappa shape index (κ2) is 5.36. The molecule has 2 atom stereocenters. The van der Waals surface area contributed by atoms with E-state index in [9.17, 15) is 9.90 Å². The van der Waals surface area contributed by atoms with Gasteiger partial charge in [0.2, 0.25) is 0 Å². The van der Waals surface area contributed by atoms with Crippen LogP contribution in [0.5, 0.6) is 0 Å². The molecule has 0 radical (unpaired) electrons. The monoisotopic (exact) mass is 241 g/mol. The zero-order valence-corrected chi connectivity index (χ0v) is 10.6. The number of carboxylic acid groups (broad SMARTS) is 1. The van der Waals surface area contributed by atoms with Crippen LogP contribution in [0.3, 0.4) is 0 Å². The second-order valence-electron chi connectivity index (χ2n) is 5.37. The Morgan fingerprint density at radius 3 is 2.76 bits per heavy atom. The van der Waals surface area contributed by atoms with Gasteiger partial charge in [-0.25, -0.2) is 0 Å². The standard InChI is InChI=1S/C13H23NO3/c1-2-11-9-13(12(15)16,7-8-17-11)14-10-5-3-4-6-10/h10-11,14H,2-9H2,1H3,(H,15,16). The number of hydrogen-bond acceptors (Lipinski definition) is 3. The van der Waals surface area contributed by atoms with Crippen molar-refractivity contribution < 1.29 is 14.6 Å². The van der Waals surface area contributed by atoms with Crippen LogP contribution < -0.4 is 5.32 Å². The van der Waals surface area contributed by atoms with Crippen molar-refractivity contribution in [2.24, 2.45) is 0 Å². The summed E-state index contributed by atoms with van der Waals surface area (Å²) in [4.78, 5) is 11.6. The molecule has 1 heterocycles. The molecule has 2 aliphatic rings. The molecule has 98 valence electrons. The molecule has 2 fully saturated rings. The molecule has 1 saturated carbocycles. The molecule has 0 aromatic heterocycles. The van der Waals surface area contributed by atoms with E-state index < -0.39 is 11.5 Å². The Kier molecular flexibility index (Phi) is 4.05. The van der Waals surface area contributed by atoms with Crippen LogP contribution in [0.1, 0.15) is 51.9 Å². The van der Waals surface area contributed by atoms with E-state index in [0.717, 1.165) is 19.3 Å². The Labute approximate surface area is 103 Å². The van der Waals surface area contributed by atoms with Gasteiger partial charge in [0.25, 0.3) is 0 Å². The summed E-state index contributed by atoms with van der Waals surface area (Å²) in [5, 5.41) is 13.0. The molecule has 4 heteroatoms. The van der Waals surface area contributed by atoms with E-state index in [4.69, 9.17) is 4.74 Å². The number of carbonyl (C=O) groups is 1. The summed E-state index contributed by atoms with van der Waals surface area (Å²) in [7, 11) is 0. The molecule has 0 aromatic carbocycles. The van der Waals surface area contributed by atoms with E-state index >= 15 is 0 Å². The minimum Gasteiger partial charge on any atom is -0.480 e. The van der Waals surface area contributed by atoms with Gasteiger partial charge in [0.05, 0.1) is 6.10 Å². The lowest BCUT2D eigenvalue weighted by molar-refractivity contribution is -0.152. The highest BCUT2D eigenvalue weighted by Gasteiger charge is 2.44. The fourth-order valence-electron chi connectivity index (χ4n) is 3.06. The summed E-state index contributed by atoms with van der Waals surface area (Å²) in [6.07, 6.45) is 6.86. The number of rotatable bonds is 4. The lowest BCUT2D eigenvalue weighted by Crippen LogP contribution is -2.59. The molecule has 1 aliphatic carbocycles. The summed E-state index contributed by atoms with van der Waals surface area (Å²) in [6, 6.07) is 0.390. The van der Waals surface area contributed by atoms with Crippen molar-refractivity contribution >= 4 is 5.97 Å². The lowest BCUT2D eigenvalue weighted by Gasteiger charge is -2.40. The minimum atomic E-state index is -0.742. The smallest absolute Gasteiger partial charge is 0.324 e. The van der Waals surface area contributed by atoms with Crippen LogP contribution >= 0.6 is 0 Å². The molecular weight excluding hydrogens is 218 g/mol. The van der Waals surface area contributed by atoms with Gasteiger partial charge in [-0.1, -0.05) is 19.8 Å². The third-order valence-electron chi connectivity index (χ3n) is 4.16. The predicted molar refractivity (Wildman–Crippen MR) is 65.0 cm³/mol.